The number of carbonyl (C=O) groups is 1. The van der Waals surface area contributed by atoms with Gasteiger partial charge in [0.05, 0.1) is 85.4 Å². The number of rotatable bonds is 21. The average Bonchev–Trinajstić information content (AvgIpc) is 2.73. The molecule has 0 aromatic carbocycles. The van der Waals surface area contributed by atoms with Crippen molar-refractivity contribution in [2.45, 2.75) is 18.9 Å². The molecule has 10 nitrogen and oxygen atoms in total. The molecule has 0 aliphatic carbocycles. The van der Waals surface area contributed by atoms with Crippen LogP contribution in [-0.4, -0.2) is 116 Å². The lowest BCUT2D eigenvalue weighted by atomic mass is 10.1. The molecule has 0 bridgehead atoms. The van der Waals surface area contributed by atoms with Crippen molar-refractivity contribution >= 4 is 5.97 Å². The molecule has 0 atom stereocenters. The van der Waals surface area contributed by atoms with E-state index in [2.05, 4.69) is 5.32 Å². The Morgan fingerprint density at radius 1 is 0.655 bits per heavy atom. The van der Waals surface area contributed by atoms with Gasteiger partial charge in [-0.2, -0.15) is 0 Å². The lowest BCUT2D eigenvalue weighted by Gasteiger charge is -2.22. The minimum atomic E-state index is -0.986. The zero-order valence-electron chi connectivity index (χ0n) is 17.3. The summed E-state index contributed by atoms with van der Waals surface area (Å²) in [4.78, 5) is 10.2. The fraction of sp³-hybridized carbons (Fsp3) is 0.947. The second-order valence-electron chi connectivity index (χ2n) is 6.33. The van der Waals surface area contributed by atoms with Crippen molar-refractivity contribution in [3.8, 4) is 0 Å². The Kier molecular flexibility index (Phi) is 18.4. The zero-order valence-corrected chi connectivity index (χ0v) is 17.3. The number of ether oxygens (including phenoxy) is 7. The molecule has 1 aliphatic heterocycles. The summed E-state index contributed by atoms with van der Waals surface area (Å²) in [6, 6.07) is 0. The van der Waals surface area contributed by atoms with Gasteiger partial charge in [0, 0.05) is 0 Å². The number of hydrogen-bond donors (Lipinski definition) is 2. The molecule has 10 heteroatoms. The van der Waals surface area contributed by atoms with Crippen LogP contribution in [0.5, 0.6) is 0 Å². The highest BCUT2D eigenvalue weighted by molar-refractivity contribution is 5.67. The van der Waals surface area contributed by atoms with Gasteiger partial charge in [0.25, 0.3) is 0 Å². The summed E-state index contributed by atoms with van der Waals surface area (Å²) >= 11 is 0. The molecule has 1 saturated heterocycles. The first-order valence-electron chi connectivity index (χ1n) is 10.3. The third kappa shape index (κ3) is 18.9. The van der Waals surface area contributed by atoms with Crippen LogP contribution in [0.3, 0.4) is 0 Å². The van der Waals surface area contributed by atoms with Gasteiger partial charge in [-0.05, 0) is 25.9 Å². The largest absolute Gasteiger partial charge is 0.480 e. The second-order valence-corrected chi connectivity index (χ2v) is 6.33. The smallest absolute Gasteiger partial charge is 0.329 e. The lowest BCUT2D eigenvalue weighted by molar-refractivity contribution is -0.142. The molecule has 0 spiro atoms. The van der Waals surface area contributed by atoms with Gasteiger partial charge in [0.15, 0.2) is 0 Å². The number of nitrogens with one attached hydrogen (secondary N) is 1. The summed E-state index contributed by atoms with van der Waals surface area (Å²) in [5.74, 6) is -0.986. The van der Waals surface area contributed by atoms with Gasteiger partial charge in [-0.3, -0.25) is 0 Å². The fourth-order valence-electron chi connectivity index (χ4n) is 2.49. The molecule has 1 fully saturated rings. The first-order chi connectivity index (χ1) is 14.3. The number of aliphatic carboxylic acids is 1. The van der Waals surface area contributed by atoms with Crippen molar-refractivity contribution in [1.29, 1.82) is 0 Å². The molecule has 0 aromatic heterocycles. The van der Waals surface area contributed by atoms with Crippen molar-refractivity contribution in [2.24, 2.45) is 0 Å². The van der Waals surface area contributed by atoms with Crippen molar-refractivity contribution in [1.82, 2.24) is 5.32 Å². The van der Waals surface area contributed by atoms with Crippen LogP contribution in [0, 0.1) is 0 Å². The Bertz CT molecular complexity index is 368. The van der Waals surface area contributed by atoms with Gasteiger partial charge in [-0.1, -0.05) is 0 Å². The first-order valence-corrected chi connectivity index (χ1v) is 10.3. The van der Waals surface area contributed by atoms with E-state index in [4.69, 9.17) is 38.3 Å². The monoisotopic (exact) mass is 423 g/mol. The minimum absolute atomic E-state index is 0.257. The Morgan fingerprint density at radius 3 is 1.45 bits per heavy atom. The quantitative estimate of drug-likeness (QED) is 0.243. The third-order valence-corrected chi connectivity index (χ3v) is 3.95. The van der Waals surface area contributed by atoms with Gasteiger partial charge < -0.3 is 43.6 Å². The molecule has 1 rings (SSSR count). The highest BCUT2D eigenvalue weighted by Gasteiger charge is 2.12. The van der Waals surface area contributed by atoms with Crippen molar-refractivity contribution in [2.75, 3.05) is 99.0 Å². The van der Waals surface area contributed by atoms with Gasteiger partial charge in [0.2, 0.25) is 0 Å². The molecule has 1 heterocycles. The third-order valence-electron chi connectivity index (χ3n) is 3.95. The molecule has 1 aliphatic rings. The molecule has 0 saturated carbocycles. The number of hydrogen-bond acceptors (Lipinski definition) is 9. The van der Waals surface area contributed by atoms with E-state index in [-0.39, 0.29) is 13.2 Å². The number of piperidine rings is 1. The van der Waals surface area contributed by atoms with Crippen LogP contribution in [0.1, 0.15) is 12.8 Å². The summed E-state index contributed by atoms with van der Waals surface area (Å²) in [7, 11) is 0. The predicted molar refractivity (Wildman–Crippen MR) is 104 cm³/mol. The molecular formula is C19H37NO9. The van der Waals surface area contributed by atoms with E-state index in [0.717, 1.165) is 25.9 Å². The van der Waals surface area contributed by atoms with Crippen molar-refractivity contribution < 1.29 is 43.1 Å². The maximum Gasteiger partial charge on any atom is 0.329 e. The fourth-order valence-corrected chi connectivity index (χ4v) is 2.49. The number of carboxylic acids is 1. The number of carboxylic acid groups (broad SMARTS) is 1. The van der Waals surface area contributed by atoms with Gasteiger partial charge >= 0.3 is 5.97 Å². The van der Waals surface area contributed by atoms with Crippen molar-refractivity contribution in [3.05, 3.63) is 0 Å². The molecule has 0 amide bonds. The van der Waals surface area contributed by atoms with Crippen LogP contribution >= 0.6 is 0 Å². The average molecular weight is 424 g/mol. The van der Waals surface area contributed by atoms with E-state index in [1.807, 2.05) is 0 Å². The predicted octanol–water partition coefficient (Wildman–Crippen LogP) is -0.0608. The standard InChI is InChI=1S/C19H37NO9/c21-19(22)17-28-14-13-26-10-9-24-6-5-23-7-8-25-11-12-27-15-16-29-18-1-3-20-4-2-18/h18,20H,1-17H2,(H,21,22). The summed E-state index contributed by atoms with van der Waals surface area (Å²) in [6.45, 7) is 7.61. The van der Waals surface area contributed by atoms with Crippen LogP contribution in [0.25, 0.3) is 0 Å². The molecule has 172 valence electrons. The Hall–Kier alpha value is -0.850. The molecule has 0 aromatic rings. The minimum Gasteiger partial charge on any atom is -0.480 e. The van der Waals surface area contributed by atoms with E-state index >= 15 is 0 Å². The molecular weight excluding hydrogens is 386 g/mol. The summed E-state index contributed by atoms with van der Waals surface area (Å²) in [5, 5.41) is 11.7. The molecule has 29 heavy (non-hydrogen) atoms. The van der Waals surface area contributed by atoms with E-state index in [1.165, 1.54) is 0 Å². The van der Waals surface area contributed by atoms with Gasteiger partial charge in [-0.15, -0.1) is 0 Å². The second kappa shape index (κ2) is 20.4. The van der Waals surface area contributed by atoms with Gasteiger partial charge in [0.1, 0.15) is 6.61 Å². The maximum absolute atomic E-state index is 10.2. The van der Waals surface area contributed by atoms with E-state index < -0.39 is 5.97 Å². The Morgan fingerprint density at radius 2 is 1.03 bits per heavy atom. The van der Waals surface area contributed by atoms with E-state index in [1.54, 1.807) is 0 Å². The summed E-state index contributed by atoms with van der Waals surface area (Å²) in [5.41, 5.74) is 0. The molecule has 0 radical (unpaired) electrons. The van der Waals surface area contributed by atoms with Crippen LogP contribution < -0.4 is 5.32 Å². The van der Waals surface area contributed by atoms with Crippen LogP contribution in [0.15, 0.2) is 0 Å². The Balaban J connectivity index is 1.64. The summed E-state index contributed by atoms with van der Waals surface area (Å²) < 4.78 is 37.5. The van der Waals surface area contributed by atoms with Crippen LogP contribution in [0.4, 0.5) is 0 Å². The SMILES string of the molecule is O=C(O)COCCOCCOCCOCCOCCOCCOC1CCNCC1. The normalized spacial score (nSPS) is 15.0. The van der Waals surface area contributed by atoms with E-state index in [9.17, 15) is 4.79 Å². The molecule has 2 N–H and O–H groups in total. The topological polar surface area (TPSA) is 114 Å². The summed E-state index contributed by atoms with van der Waals surface area (Å²) in [6.07, 6.45) is 2.52. The van der Waals surface area contributed by atoms with Gasteiger partial charge in [-0.25, -0.2) is 4.79 Å². The molecule has 0 unspecified atom stereocenters. The maximum atomic E-state index is 10.2. The highest BCUT2D eigenvalue weighted by atomic mass is 16.6. The Labute approximate surface area is 173 Å². The van der Waals surface area contributed by atoms with Crippen molar-refractivity contribution in [3.63, 3.8) is 0 Å². The lowest BCUT2D eigenvalue weighted by Crippen LogP contribution is -2.33. The highest BCUT2D eigenvalue weighted by Crippen LogP contribution is 2.06. The van der Waals surface area contributed by atoms with E-state index in [0.29, 0.717) is 78.8 Å². The van der Waals surface area contributed by atoms with Crippen LogP contribution in [0.2, 0.25) is 0 Å². The zero-order chi connectivity index (χ0) is 20.8. The first kappa shape index (κ1) is 26.2. The van der Waals surface area contributed by atoms with Crippen LogP contribution in [-0.2, 0) is 38.0 Å².